The van der Waals surface area contributed by atoms with Gasteiger partial charge in [-0.2, -0.15) is 0 Å². The van der Waals surface area contributed by atoms with E-state index in [4.69, 9.17) is 11.6 Å². The molecular formula is C20H29ClIN5OS. The van der Waals surface area contributed by atoms with Crippen molar-refractivity contribution in [3.8, 4) is 0 Å². The number of halogens is 2. The molecule has 1 fully saturated rings. The molecule has 1 atom stereocenters. The lowest BCUT2D eigenvalue weighted by atomic mass is 10.1. The van der Waals surface area contributed by atoms with Crippen LogP contribution in [0.3, 0.4) is 0 Å². The first-order valence-electron chi connectivity index (χ1n) is 9.81. The quantitative estimate of drug-likeness (QED) is 0.274. The second-order valence-corrected chi connectivity index (χ2v) is 8.55. The molecule has 0 saturated carbocycles. The molecule has 0 aliphatic carbocycles. The van der Waals surface area contributed by atoms with Crippen molar-refractivity contribution in [2.24, 2.45) is 4.99 Å². The van der Waals surface area contributed by atoms with Gasteiger partial charge in [-0.3, -0.25) is 0 Å². The van der Waals surface area contributed by atoms with Crippen LogP contribution < -0.4 is 15.5 Å². The summed E-state index contributed by atoms with van der Waals surface area (Å²) in [4.78, 5) is 12.4. The average molecular weight is 550 g/mol. The Morgan fingerprint density at radius 1 is 1.28 bits per heavy atom. The van der Waals surface area contributed by atoms with Crippen LogP contribution in [0.15, 0.2) is 35.5 Å². The predicted octanol–water partition coefficient (Wildman–Crippen LogP) is 4.19. The summed E-state index contributed by atoms with van der Waals surface area (Å²) in [5.74, 6) is 1.72. The maximum absolute atomic E-state index is 10.3. The Balaban J connectivity index is 0.00000300. The molecule has 0 bridgehead atoms. The van der Waals surface area contributed by atoms with E-state index in [0.717, 1.165) is 35.9 Å². The number of guanidine groups is 1. The average Bonchev–Trinajstić information content (AvgIpc) is 3.17. The molecular weight excluding hydrogens is 521 g/mol. The molecule has 3 rings (SSSR count). The normalized spacial score (nSPS) is 15.6. The van der Waals surface area contributed by atoms with Crippen molar-refractivity contribution >= 4 is 58.7 Å². The number of anilines is 1. The minimum absolute atomic E-state index is 0. The number of hydrogen-bond donors (Lipinski definition) is 3. The molecule has 0 aromatic carbocycles. The zero-order valence-electron chi connectivity index (χ0n) is 16.6. The summed E-state index contributed by atoms with van der Waals surface area (Å²) in [6.45, 7) is 5.86. The maximum Gasteiger partial charge on any atom is 0.191 e. The van der Waals surface area contributed by atoms with Crippen molar-refractivity contribution in [1.29, 1.82) is 0 Å². The standard InChI is InChI=1S/C20H28ClN5OS.HI/c1-2-22-20(25-14-16(27)17-6-7-18(21)28-17)24-13-15-8-9-23-19(12-15)26-10-4-3-5-11-26;/h6-9,12,16,27H,2-5,10-11,13-14H2,1H3,(H2,22,24,25);1H. The minimum Gasteiger partial charge on any atom is -0.386 e. The smallest absolute Gasteiger partial charge is 0.191 e. The van der Waals surface area contributed by atoms with Gasteiger partial charge in [0, 0.05) is 37.3 Å². The van der Waals surface area contributed by atoms with E-state index in [0.29, 0.717) is 23.4 Å². The highest BCUT2D eigenvalue weighted by Gasteiger charge is 2.13. The van der Waals surface area contributed by atoms with Gasteiger partial charge in [0.2, 0.25) is 0 Å². The molecule has 2 aromatic heterocycles. The SMILES string of the molecule is CCNC(=NCc1ccnc(N2CCCCC2)c1)NCC(O)c1ccc(Cl)s1.I. The lowest BCUT2D eigenvalue weighted by Crippen LogP contribution is -2.39. The Kier molecular flexibility index (Phi) is 10.5. The molecule has 0 amide bonds. The van der Waals surface area contributed by atoms with E-state index in [1.54, 1.807) is 6.07 Å². The van der Waals surface area contributed by atoms with Crippen LogP contribution in [-0.2, 0) is 6.54 Å². The summed E-state index contributed by atoms with van der Waals surface area (Å²) in [6.07, 6.45) is 5.02. The topological polar surface area (TPSA) is 72.8 Å². The van der Waals surface area contributed by atoms with Crippen LogP contribution in [0.25, 0.3) is 0 Å². The summed E-state index contributed by atoms with van der Waals surface area (Å²) >= 11 is 7.34. The van der Waals surface area contributed by atoms with Crippen LogP contribution in [0.2, 0.25) is 4.34 Å². The van der Waals surface area contributed by atoms with Gasteiger partial charge < -0.3 is 20.6 Å². The number of aromatic nitrogens is 1. The Morgan fingerprint density at radius 3 is 2.76 bits per heavy atom. The van der Waals surface area contributed by atoms with Gasteiger partial charge in [0.05, 0.1) is 10.9 Å². The van der Waals surface area contributed by atoms with Crippen molar-refractivity contribution in [3.05, 3.63) is 45.2 Å². The fourth-order valence-electron chi connectivity index (χ4n) is 3.17. The molecule has 29 heavy (non-hydrogen) atoms. The first-order chi connectivity index (χ1) is 13.7. The second kappa shape index (κ2) is 12.6. The first kappa shape index (κ1) is 24.2. The molecule has 0 radical (unpaired) electrons. The third-order valence-electron chi connectivity index (χ3n) is 4.64. The van der Waals surface area contributed by atoms with Gasteiger partial charge in [0.15, 0.2) is 5.96 Å². The number of piperidine rings is 1. The number of aliphatic hydroxyl groups excluding tert-OH is 1. The highest BCUT2D eigenvalue weighted by molar-refractivity contribution is 14.0. The van der Waals surface area contributed by atoms with E-state index >= 15 is 0 Å². The molecule has 3 heterocycles. The molecule has 2 aromatic rings. The van der Waals surface area contributed by atoms with Gasteiger partial charge in [-0.05, 0) is 56.0 Å². The molecule has 1 saturated heterocycles. The van der Waals surface area contributed by atoms with E-state index in [1.807, 2.05) is 25.3 Å². The Hall–Kier alpha value is -1.10. The summed E-state index contributed by atoms with van der Waals surface area (Å²) in [7, 11) is 0. The molecule has 160 valence electrons. The van der Waals surface area contributed by atoms with Gasteiger partial charge in [0.25, 0.3) is 0 Å². The van der Waals surface area contributed by atoms with Gasteiger partial charge in [0.1, 0.15) is 11.9 Å². The largest absolute Gasteiger partial charge is 0.386 e. The molecule has 1 aliphatic heterocycles. The predicted molar refractivity (Wildman–Crippen MR) is 133 cm³/mol. The highest BCUT2D eigenvalue weighted by atomic mass is 127. The zero-order chi connectivity index (χ0) is 19.8. The number of hydrogen-bond acceptors (Lipinski definition) is 5. The second-order valence-electron chi connectivity index (χ2n) is 6.80. The van der Waals surface area contributed by atoms with Crippen molar-refractivity contribution in [2.75, 3.05) is 31.1 Å². The first-order valence-corrected chi connectivity index (χ1v) is 11.0. The van der Waals surface area contributed by atoms with Crippen molar-refractivity contribution in [3.63, 3.8) is 0 Å². The summed E-state index contributed by atoms with van der Waals surface area (Å²) in [5.41, 5.74) is 1.12. The Morgan fingerprint density at radius 2 is 2.07 bits per heavy atom. The lowest BCUT2D eigenvalue weighted by Gasteiger charge is -2.27. The van der Waals surface area contributed by atoms with Crippen LogP contribution in [0.5, 0.6) is 0 Å². The third kappa shape index (κ3) is 7.58. The van der Waals surface area contributed by atoms with Crippen LogP contribution >= 0.6 is 46.9 Å². The number of rotatable bonds is 7. The molecule has 1 aliphatic rings. The van der Waals surface area contributed by atoms with Gasteiger partial charge in [-0.1, -0.05) is 11.6 Å². The van der Waals surface area contributed by atoms with Crippen LogP contribution in [-0.4, -0.2) is 42.2 Å². The molecule has 1 unspecified atom stereocenters. The van der Waals surface area contributed by atoms with Gasteiger partial charge in [-0.25, -0.2) is 9.98 Å². The number of nitrogens with one attached hydrogen (secondary N) is 2. The monoisotopic (exact) mass is 549 g/mol. The van der Waals surface area contributed by atoms with Crippen LogP contribution in [0.1, 0.15) is 42.7 Å². The summed E-state index contributed by atoms with van der Waals surface area (Å²) in [5, 5.41) is 16.7. The van der Waals surface area contributed by atoms with Gasteiger partial charge >= 0.3 is 0 Å². The lowest BCUT2D eigenvalue weighted by molar-refractivity contribution is 0.184. The van der Waals surface area contributed by atoms with E-state index in [1.165, 1.54) is 30.6 Å². The fraction of sp³-hybridized carbons (Fsp3) is 0.500. The van der Waals surface area contributed by atoms with E-state index < -0.39 is 6.10 Å². The highest BCUT2D eigenvalue weighted by Crippen LogP contribution is 2.26. The minimum atomic E-state index is -0.618. The molecule has 9 heteroatoms. The Bertz CT molecular complexity index is 782. The summed E-state index contributed by atoms with van der Waals surface area (Å²) in [6, 6.07) is 7.78. The molecule has 0 spiro atoms. The maximum atomic E-state index is 10.3. The Labute approximate surface area is 198 Å². The van der Waals surface area contributed by atoms with Crippen molar-refractivity contribution in [2.45, 2.75) is 38.8 Å². The zero-order valence-corrected chi connectivity index (χ0v) is 20.5. The van der Waals surface area contributed by atoms with E-state index in [-0.39, 0.29) is 24.0 Å². The van der Waals surface area contributed by atoms with Crippen molar-refractivity contribution < 1.29 is 5.11 Å². The number of aliphatic hydroxyl groups is 1. The number of nitrogens with zero attached hydrogens (tertiary/aromatic N) is 3. The summed E-state index contributed by atoms with van der Waals surface area (Å²) < 4.78 is 0.678. The number of aliphatic imine (C=N–C) groups is 1. The molecule has 3 N–H and O–H groups in total. The number of thiophene rings is 1. The fourth-order valence-corrected chi connectivity index (χ4v) is 4.22. The van der Waals surface area contributed by atoms with Crippen molar-refractivity contribution in [1.82, 2.24) is 15.6 Å². The van der Waals surface area contributed by atoms with E-state index in [2.05, 4.69) is 31.6 Å². The van der Waals surface area contributed by atoms with E-state index in [9.17, 15) is 5.11 Å². The third-order valence-corrected chi connectivity index (χ3v) is 5.97. The van der Waals surface area contributed by atoms with Crippen LogP contribution in [0, 0.1) is 0 Å². The molecule has 6 nitrogen and oxygen atoms in total. The van der Waals surface area contributed by atoms with Gasteiger partial charge in [-0.15, -0.1) is 35.3 Å². The van der Waals surface area contributed by atoms with Crippen LogP contribution in [0.4, 0.5) is 5.82 Å². The number of pyridine rings is 1.